The molecule has 5 nitrogen and oxygen atoms in total. The lowest BCUT2D eigenvalue weighted by molar-refractivity contribution is 0.337. The van der Waals surface area contributed by atoms with Crippen LogP contribution in [0, 0.1) is 13.8 Å². The minimum atomic E-state index is 0.114. The average Bonchev–Trinajstić information content (AvgIpc) is 2.89. The molecule has 0 amide bonds. The molecule has 0 radical (unpaired) electrons. The van der Waals surface area contributed by atoms with Gasteiger partial charge in [-0.1, -0.05) is 18.2 Å². The van der Waals surface area contributed by atoms with Gasteiger partial charge in [0.2, 0.25) is 0 Å². The molecule has 1 heterocycles. The molecule has 3 aromatic rings. The maximum atomic E-state index is 10.5. The van der Waals surface area contributed by atoms with Gasteiger partial charge in [-0.25, -0.2) is 0 Å². The van der Waals surface area contributed by atoms with Gasteiger partial charge in [0.25, 0.3) is 0 Å². The summed E-state index contributed by atoms with van der Waals surface area (Å²) in [6.45, 7) is 6.24. The zero-order valence-electron chi connectivity index (χ0n) is 14.0. The average molecular weight is 324 g/mol. The Labute approximate surface area is 140 Å². The number of nitrogens with zero attached hydrogens (tertiary/aromatic N) is 1. The molecule has 0 saturated carbocycles. The topological polar surface area (TPSA) is 67.4 Å². The monoisotopic (exact) mass is 324 g/mol. The number of aryl methyl sites for hydroxylation is 2. The van der Waals surface area contributed by atoms with Crippen molar-refractivity contribution in [3.05, 3.63) is 53.7 Å². The van der Waals surface area contributed by atoms with Crippen molar-refractivity contribution >= 4 is 0 Å². The highest BCUT2D eigenvalue weighted by atomic mass is 16.5. The second-order valence-electron chi connectivity index (χ2n) is 5.51. The second kappa shape index (κ2) is 6.66. The maximum absolute atomic E-state index is 10.5. The van der Waals surface area contributed by atoms with E-state index >= 15 is 0 Å². The molecule has 0 bridgehead atoms. The first-order valence-electron chi connectivity index (χ1n) is 7.84. The van der Waals surface area contributed by atoms with Crippen LogP contribution in [0.5, 0.6) is 23.0 Å². The van der Waals surface area contributed by atoms with E-state index in [0.717, 1.165) is 11.3 Å². The smallest absolute Gasteiger partial charge is 0.176 e. The standard InChI is InChI=1S/C19H20N2O3/c1-4-23-15-10-12(2)17(16(22)11-15)18-19(13(3)20-21-18)24-14-8-6-5-7-9-14/h5-11,22H,4H2,1-3H3,(H,20,21). The lowest BCUT2D eigenvalue weighted by Crippen LogP contribution is -1.94. The number of nitrogens with one attached hydrogen (secondary N) is 1. The zero-order chi connectivity index (χ0) is 17.1. The van der Waals surface area contributed by atoms with Crippen LogP contribution in [0.4, 0.5) is 0 Å². The Morgan fingerprint density at radius 3 is 2.50 bits per heavy atom. The van der Waals surface area contributed by atoms with E-state index in [4.69, 9.17) is 9.47 Å². The summed E-state index contributed by atoms with van der Waals surface area (Å²) in [4.78, 5) is 0. The number of aromatic hydroxyl groups is 1. The summed E-state index contributed by atoms with van der Waals surface area (Å²) in [6.07, 6.45) is 0. The van der Waals surface area contributed by atoms with E-state index in [2.05, 4.69) is 10.2 Å². The van der Waals surface area contributed by atoms with Crippen LogP contribution < -0.4 is 9.47 Å². The fourth-order valence-electron chi connectivity index (χ4n) is 2.61. The Hall–Kier alpha value is -2.95. The first-order valence-corrected chi connectivity index (χ1v) is 7.84. The Kier molecular flexibility index (Phi) is 4.42. The van der Waals surface area contributed by atoms with Crippen molar-refractivity contribution in [3.63, 3.8) is 0 Å². The molecule has 0 aliphatic heterocycles. The van der Waals surface area contributed by atoms with Gasteiger partial charge in [-0.3, -0.25) is 5.10 Å². The van der Waals surface area contributed by atoms with Gasteiger partial charge in [-0.2, -0.15) is 5.10 Å². The number of aromatic nitrogens is 2. The summed E-state index contributed by atoms with van der Waals surface area (Å²) >= 11 is 0. The molecule has 2 aromatic carbocycles. The van der Waals surface area contributed by atoms with Crippen LogP contribution in [0.1, 0.15) is 18.2 Å². The van der Waals surface area contributed by atoms with Gasteiger partial charge in [0.1, 0.15) is 22.9 Å². The summed E-state index contributed by atoms with van der Waals surface area (Å²) in [7, 11) is 0. The van der Waals surface area contributed by atoms with E-state index in [1.165, 1.54) is 0 Å². The van der Waals surface area contributed by atoms with Gasteiger partial charge in [0, 0.05) is 6.07 Å². The summed E-state index contributed by atoms with van der Waals surface area (Å²) < 4.78 is 11.5. The van der Waals surface area contributed by atoms with Gasteiger partial charge in [-0.05, 0) is 44.5 Å². The third kappa shape index (κ3) is 3.06. The fourth-order valence-corrected chi connectivity index (χ4v) is 2.61. The Bertz CT molecular complexity index is 818. The van der Waals surface area contributed by atoms with Crippen LogP contribution in [0.2, 0.25) is 0 Å². The molecule has 0 unspecified atom stereocenters. The number of hydrogen-bond donors (Lipinski definition) is 2. The largest absolute Gasteiger partial charge is 0.507 e. The van der Waals surface area contributed by atoms with Crippen LogP contribution in [0.15, 0.2) is 42.5 Å². The molecule has 3 rings (SSSR count). The van der Waals surface area contributed by atoms with Crippen molar-refractivity contribution in [1.82, 2.24) is 10.2 Å². The van der Waals surface area contributed by atoms with Gasteiger partial charge in [0.05, 0.1) is 17.9 Å². The summed E-state index contributed by atoms with van der Waals surface area (Å²) in [5, 5.41) is 17.7. The van der Waals surface area contributed by atoms with Crippen molar-refractivity contribution in [2.75, 3.05) is 6.61 Å². The molecule has 0 fully saturated rings. The molecule has 0 aliphatic rings. The van der Waals surface area contributed by atoms with Gasteiger partial charge in [-0.15, -0.1) is 0 Å². The molecule has 2 N–H and O–H groups in total. The Balaban J connectivity index is 2.05. The third-order valence-electron chi connectivity index (χ3n) is 3.69. The van der Waals surface area contributed by atoms with E-state index in [-0.39, 0.29) is 5.75 Å². The van der Waals surface area contributed by atoms with Crippen LogP contribution >= 0.6 is 0 Å². The Morgan fingerprint density at radius 1 is 1.08 bits per heavy atom. The van der Waals surface area contributed by atoms with E-state index in [0.29, 0.717) is 35.1 Å². The van der Waals surface area contributed by atoms with Crippen LogP contribution in [-0.4, -0.2) is 21.9 Å². The number of rotatable bonds is 5. The molecule has 0 atom stereocenters. The molecule has 124 valence electrons. The zero-order valence-corrected chi connectivity index (χ0v) is 14.0. The maximum Gasteiger partial charge on any atom is 0.176 e. The van der Waals surface area contributed by atoms with E-state index in [1.807, 2.05) is 57.2 Å². The molecule has 24 heavy (non-hydrogen) atoms. The van der Waals surface area contributed by atoms with Crippen molar-refractivity contribution in [1.29, 1.82) is 0 Å². The molecule has 1 aromatic heterocycles. The van der Waals surface area contributed by atoms with Crippen molar-refractivity contribution in [2.45, 2.75) is 20.8 Å². The molecule has 0 spiro atoms. The summed E-state index contributed by atoms with van der Waals surface area (Å²) in [5.74, 6) is 2.06. The van der Waals surface area contributed by atoms with E-state index in [9.17, 15) is 5.11 Å². The van der Waals surface area contributed by atoms with Gasteiger partial charge in [0.15, 0.2) is 5.75 Å². The molecule has 0 saturated heterocycles. The lowest BCUT2D eigenvalue weighted by atomic mass is 10.0. The molecular formula is C19H20N2O3. The summed E-state index contributed by atoms with van der Waals surface area (Å²) in [5.41, 5.74) is 2.87. The minimum Gasteiger partial charge on any atom is -0.507 e. The minimum absolute atomic E-state index is 0.114. The number of para-hydroxylation sites is 1. The number of phenolic OH excluding ortho intramolecular Hbond substituents is 1. The normalized spacial score (nSPS) is 10.6. The van der Waals surface area contributed by atoms with Crippen LogP contribution in [0.3, 0.4) is 0 Å². The first kappa shape index (κ1) is 15.9. The Morgan fingerprint density at radius 2 is 1.83 bits per heavy atom. The number of phenols is 1. The van der Waals surface area contributed by atoms with Crippen molar-refractivity contribution in [2.24, 2.45) is 0 Å². The van der Waals surface area contributed by atoms with Crippen LogP contribution in [-0.2, 0) is 0 Å². The highest BCUT2D eigenvalue weighted by Crippen LogP contribution is 2.41. The van der Waals surface area contributed by atoms with Crippen molar-refractivity contribution in [3.8, 4) is 34.3 Å². The second-order valence-corrected chi connectivity index (χ2v) is 5.51. The number of benzene rings is 2. The number of ether oxygens (including phenoxy) is 2. The molecule has 5 heteroatoms. The predicted molar refractivity (Wildman–Crippen MR) is 92.8 cm³/mol. The van der Waals surface area contributed by atoms with Crippen molar-refractivity contribution < 1.29 is 14.6 Å². The third-order valence-corrected chi connectivity index (χ3v) is 3.69. The number of H-pyrrole nitrogens is 1. The number of aromatic amines is 1. The quantitative estimate of drug-likeness (QED) is 0.720. The molecular weight excluding hydrogens is 304 g/mol. The summed E-state index contributed by atoms with van der Waals surface area (Å²) in [6, 6.07) is 13.0. The lowest BCUT2D eigenvalue weighted by Gasteiger charge is -2.12. The van der Waals surface area contributed by atoms with Gasteiger partial charge < -0.3 is 14.6 Å². The van der Waals surface area contributed by atoms with Crippen LogP contribution in [0.25, 0.3) is 11.3 Å². The fraction of sp³-hybridized carbons (Fsp3) is 0.211. The van der Waals surface area contributed by atoms with E-state index in [1.54, 1.807) is 6.07 Å². The predicted octanol–water partition coefficient (Wildman–Crippen LogP) is 4.59. The first-order chi connectivity index (χ1) is 11.6. The number of hydrogen-bond acceptors (Lipinski definition) is 4. The highest BCUT2D eigenvalue weighted by Gasteiger charge is 2.20. The van der Waals surface area contributed by atoms with Gasteiger partial charge >= 0.3 is 0 Å². The molecule has 0 aliphatic carbocycles. The highest BCUT2D eigenvalue weighted by molar-refractivity contribution is 5.77. The van der Waals surface area contributed by atoms with E-state index < -0.39 is 0 Å². The SMILES string of the molecule is CCOc1cc(C)c(-c2n[nH]c(C)c2Oc2ccccc2)c(O)c1.